The van der Waals surface area contributed by atoms with Crippen molar-refractivity contribution in [3.05, 3.63) is 0 Å². The van der Waals surface area contributed by atoms with Crippen LogP contribution in [0.1, 0.15) is 59.3 Å². The van der Waals surface area contributed by atoms with Crippen molar-refractivity contribution in [2.45, 2.75) is 70.9 Å². The molecule has 0 amide bonds. The van der Waals surface area contributed by atoms with Crippen LogP contribution in [0.2, 0.25) is 0 Å². The molecule has 0 saturated heterocycles. The standard InChI is InChI=1S/C15H31NO2/c1-4-15(16,11-17)8-5-9-18-14-7-6-12(2)13(3)10-14/h12-14,17H,4-11,16H2,1-3H3. The lowest BCUT2D eigenvalue weighted by molar-refractivity contribution is -0.00150. The Hall–Kier alpha value is -0.120. The van der Waals surface area contributed by atoms with Crippen LogP contribution in [0.4, 0.5) is 0 Å². The second-order valence-corrected chi connectivity index (χ2v) is 6.24. The maximum atomic E-state index is 9.23. The second kappa shape index (κ2) is 7.46. The van der Waals surface area contributed by atoms with Gasteiger partial charge in [-0.2, -0.15) is 0 Å². The van der Waals surface area contributed by atoms with Crippen molar-refractivity contribution >= 4 is 0 Å². The first-order valence-corrected chi connectivity index (χ1v) is 7.52. The van der Waals surface area contributed by atoms with E-state index >= 15 is 0 Å². The molecule has 1 saturated carbocycles. The minimum atomic E-state index is -0.405. The van der Waals surface area contributed by atoms with Gasteiger partial charge in [0.05, 0.1) is 12.7 Å². The number of nitrogens with two attached hydrogens (primary N) is 1. The van der Waals surface area contributed by atoms with E-state index in [1.54, 1.807) is 0 Å². The Kier molecular flexibility index (Phi) is 6.61. The fraction of sp³-hybridized carbons (Fsp3) is 1.00. The molecule has 0 spiro atoms. The number of hydrogen-bond donors (Lipinski definition) is 2. The zero-order valence-electron chi connectivity index (χ0n) is 12.3. The molecule has 0 bridgehead atoms. The van der Waals surface area contributed by atoms with Crippen molar-refractivity contribution in [3.8, 4) is 0 Å². The maximum absolute atomic E-state index is 9.23. The molecule has 1 aliphatic carbocycles. The predicted molar refractivity (Wildman–Crippen MR) is 75.4 cm³/mol. The van der Waals surface area contributed by atoms with Gasteiger partial charge in [-0.1, -0.05) is 20.8 Å². The summed E-state index contributed by atoms with van der Waals surface area (Å²) in [7, 11) is 0. The fourth-order valence-corrected chi connectivity index (χ4v) is 2.69. The molecule has 4 atom stereocenters. The summed E-state index contributed by atoms with van der Waals surface area (Å²) >= 11 is 0. The van der Waals surface area contributed by atoms with E-state index in [4.69, 9.17) is 10.5 Å². The Labute approximate surface area is 112 Å². The Morgan fingerprint density at radius 3 is 2.56 bits per heavy atom. The van der Waals surface area contributed by atoms with Crippen molar-refractivity contribution in [1.29, 1.82) is 0 Å². The Morgan fingerprint density at radius 2 is 2.00 bits per heavy atom. The van der Waals surface area contributed by atoms with E-state index < -0.39 is 5.54 Å². The lowest BCUT2D eigenvalue weighted by atomic mass is 9.80. The highest BCUT2D eigenvalue weighted by molar-refractivity contribution is 4.81. The number of ether oxygens (including phenoxy) is 1. The summed E-state index contributed by atoms with van der Waals surface area (Å²) in [5.41, 5.74) is 5.65. The predicted octanol–water partition coefficient (Wildman–Crippen LogP) is 2.71. The summed E-state index contributed by atoms with van der Waals surface area (Å²) in [5, 5.41) is 9.23. The first-order valence-electron chi connectivity index (χ1n) is 7.52. The molecule has 3 nitrogen and oxygen atoms in total. The number of hydrogen-bond acceptors (Lipinski definition) is 3. The van der Waals surface area contributed by atoms with E-state index in [1.807, 2.05) is 6.92 Å². The lowest BCUT2D eigenvalue weighted by Gasteiger charge is -2.32. The summed E-state index contributed by atoms with van der Waals surface area (Å²) in [6, 6.07) is 0. The van der Waals surface area contributed by atoms with Gasteiger partial charge >= 0.3 is 0 Å². The van der Waals surface area contributed by atoms with Gasteiger partial charge in [-0.25, -0.2) is 0 Å². The smallest absolute Gasteiger partial charge is 0.0611 e. The van der Waals surface area contributed by atoms with Gasteiger partial charge < -0.3 is 15.6 Å². The normalized spacial score (nSPS) is 32.2. The van der Waals surface area contributed by atoms with Crippen molar-refractivity contribution in [1.82, 2.24) is 0 Å². The number of aliphatic hydroxyl groups is 1. The number of rotatable bonds is 7. The van der Waals surface area contributed by atoms with Crippen molar-refractivity contribution < 1.29 is 9.84 Å². The van der Waals surface area contributed by atoms with Crippen LogP contribution in [0.25, 0.3) is 0 Å². The van der Waals surface area contributed by atoms with E-state index in [0.29, 0.717) is 6.10 Å². The van der Waals surface area contributed by atoms with Crippen molar-refractivity contribution in [2.75, 3.05) is 13.2 Å². The molecule has 18 heavy (non-hydrogen) atoms. The quantitative estimate of drug-likeness (QED) is 0.689. The molecule has 3 N–H and O–H groups in total. The summed E-state index contributed by atoms with van der Waals surface area (Å²) in [4.78, 5) is 0. The van der Waals surface area contributed by atoms with Crippen LogP contribution >= 0.6 is 0 Å². The molecular weight excluding hydrogens is 226 g/mol. The highest BCUT2D eigenvalue weighted by Crippen LogP contribution is 2.31. The lowest BCUT2D eigenvalue weighted by Crippen LogP contribution is -2.43. The van der Waals surface area contributed by atoms with Crippen LogP contribution in [0.3, 0.4) is 0 Å². The Balaban J connectivity index is 2.15. The third-order valence-corrected chi connectivity index (χ3v) is 4.74. The first kappa shape index (κ1) is 15.9. The molecule has 1 rings (SSSR count). The topological polar surface area (TPSA) is 55.5 Å². The van der Waals surface area contributed by atoms with E-state index in [0.717, 1.165) is 37.7 Å². The highest BCUT2D eigenvalue weighted by atomic mass is 16.5. The average molecular weight is 257 g/mol. The summed E-state index contributed by atoms with van der Waals surface area (Å²) in [6.45, 7) is 7.55. The van der Waals surface area contributed by atoms with Gasteiger partial charge in [0.1, 0.15) is 0 Å². The third-order valence-electron chi connectivity index (χ3n) is 4.74. The van der Waals surface area contributed by atoms with Crippen LogP contribution < -0.4 is 5.73 Å². The maximum Gasteiger partial charge on any atom is 0.0611 e. The molecule has 0 heterocycles. The minimum Gasteiger partial charge on any atom is -0.394 e. The molecule has 0 aliphatic heterocycles. The summed E-state index contributed by atoms with van der Waals surface area (Å²) in [5.74, 6) is 1.63. The van der Waals surface area contributed by atoms with Crippen molar-refractivity contribution in [3.63, 3.8) is 0 Å². The van der Waals surface area contributed by atoms with E-state index in [9.17, 15) is 5.11 Å². The molecule has 0 radical (unpaired) electrons. The van der Waals surface area contributed by atoms with E-state index in [2.05, 4.69) is 13.8 Å². The molecular formula is C15H31NO2. The van der Waals surface area contributed by atoms with Crippen LogP contribution in [-0.2, 0) is 4.74 Å². The van der Waals surface area contributed by atoms with Gasteiger partial charge in [0.25, 0.3) is 0 Å². The summed E-state index contributed by atoms with van der Waals surface area (Å²) < 4.78 is 5.95. The zero-order valence-corrected chi connectivity index (χ0v) is 12.3. The molecule has 3 heteroatoms. The second-order valence-electron chi connectivity index (χ2n) is 6.24. The van der Waals surface area contributed by atoms with Gasteiger partial charge in [-0.15, -0.1) is 0 Å². The van der Waals surface area contributed by atoms with Gasteiger partial charge in [-0.3, -0.25) is 0 Å². The Bertz CT molecular complexity index is 229. The van der Waals surface area contributed by atoms with Crippen molar-refractivity contribution in [2.24, 2.45) is 17.6 Å². The fourth-order valence-electron chi connectivity index (χ4n) is 2.69. The van der Waals surface area contributed by atoms with Crippen LogP contribution in [0, 0.1) is 11.8 Å². The van der Waals surface area contributed by atoms with E-state index in [-0.39, 0.29) is 6.61 Å². The van der Waals surface area contributed by atoms with E-state index in [1.165, 1.54) is 19.3 Å². The van der Waals surface area contributed by atoms with Gasteiger partial charge in [-0.05, 0) is 50.4 Å². The summed E-state index contributed by atoms with van der Waals surface area (Å²) in [6.07, 6.45) is 6.75. The van der Waals surface area contributed by atoms with Crippen LogP contribution in [-0.4, -0.2) is 30.0 Å². The SMILES string of the molecule is CCC(N)(CO)CCCOC1CCC(C)C(C)C1. The molecule has 108 valence electrons. The third kappa shape index (κ3) is 4.87. The average Bonchev–Trinajstić information content (AvgIpc) is 2.38. The Morgan fingerprint density at radius 1 is 1.28 bits per heavy atom. The molecule has 0 aromatic heterocycles. The molecule has 1 aliphatic rings. The minimum absolute atomic E-state index is 0.0709. The molecule has 0 aromatic rings. The molecule has 0 aromatic carbocycles. The van der Waals surface area contributed by atoms with Crippen LogP contribution in [0.15, 0.2) is 0 Å². The molecule has 1 fully saturated rings. The molecule has 4 unspecified atom stereocenters. The zero-order chi connectivity index (χ0) is 13.6. The van der Waals surface area contributed by atoms with Gasteiger partial charge in [0.2, 0.25) is 0 Å². The highest BCUT2D eigenvalue weighted by Gasteiger charge is 2.25. The van der Waals surface area contributed by atoms with Gasteiger partial charge in [0, 0.05) is 12.1 Å². The first-order chi connectivity index (χ1) is 8.50. The van der Waals surface area contributed by atoms with Gasteiger partial charge in [0.15, 0.2) is 0 Å². The monoisotopic (exact) mass is 257 g/mol. The largest absolute Gasteiger partial charge is 0.394 e. The number of aliphatic hydroxyl groups excluding tert-OH is 1. The van der Waals surface area contributed by atoms with Crippen LogP contribution in [0.5, 0.6) is 0 Å².